The van der Waals surface area contributed by atoms with Gasteiger partial charge in [0.15, 0.2) is 0 Å². The van der Waals surface area contributed by atoms with Gasteiger partial charge >= 0.3 is 0 Å². The first-order valence-corrected chi connectivity index (χ1v) is 8.73. The lowest BCUT2D eigenvalue weighted by Crippen LogP contribution is -2.36. The first-order valence-electron chi connectivity index (χ1n) is 8.73. The Balaban J connectivity index is 1.67. The summed E-state index contributed by atoms with van der Waals surface area (Å²) in [6.45, 7) is 6.32. The van der Waals surface area contributed by atoms with E-state index in [9.17, 15) is 9.18 Å². The van der Waals surface area contributed by atoms with Crippen LogP contribution < -0.4 is 11.1 Å². The predicted octanol–water partition coefficient (Wildman–Crippen LogP) is 3.61. The van der Waals surface area contributed by atoms with E-state index in [1.807, 2.05) is 32.9 Å². The predicted molar refractivity (Wildman–Crippen MR) is 104 cm³/mol. The maximum atomic E-state index is 13.1. The van der Waals surface area contributed by atoms with E-state index in [-0.39, 0.29) is 17.1 Å². The monoisotopic (exact) mass is 366 g/mol. The maximum absolute atomic E-state index is 13.1. The highest BCUT2D eigenvalue weighted by Crippen LogP contribution is 2.22. The van der Waals surface area contributed by atoms with Gasteiger partial charge in [0.25, 0.3) is 5.91 Å². The Morgan fingerprint density at radius 2 is 1.78 bits per heavy atom. The molecule has 5 nitrogen and oxygen atoms in total. The van der Waals surface area contributed by atoms with Crippen molar-refractivity contribution in [3.63, 3.8) is 0 Å². The van der Waals surface area contributed by atoms with Crippen molar-refractivity contribution in [2.75, 3.05) is 12.3 Å². The molecule has 0 atom stereocenters. The number of aromatic nitrogens is 2. The molecule has 6 heteroatoms. The molecule has 0 saturated carbocycles. The van der Waals surface area contributed by atoms with Crippen molar-refractivity contribution >= 4 is 11.7 Å². The molecular formula is C21H23FN4O. The maximum Gasteiger partial charge on any atom is 0.251 e. The van der Waals surface area contributed by atoms with Crippen LogP contribution in [0.3, 0.4) is 0 Å². The van der Waals surface area contributed by atoms with E-state index >= 15 is 0 Å². The number of hydrogen-bond acceptors (Lipinski definition) is 3. The lowest BCUT2D eigenvalue weighted by molar-refractivity contribution is 0.0945. The number of aryl methyl sites for hydroxylation is 1. The molecule has 3 aromatic rings. The van der Waals surface area contributed by atoms with Crippen molar-refractivity contribution < 1.29 is 9.18 Å². The molecule has 140 valence electrons. The van der Waals surface area contributed by atoms with Crippen LogP contribution in [0.2, 0.25) is 0 Å². The second-order valence-corrected chi connectivity index (χ2v) is 7.24. The summed E-state index contributed by atoms with van der Waals surface area (Å²) in [5.74, 6) is 0.110. The minimum absolute atomic E-state index is 0.165. The Hall–Kier alpha value is -3.15. The quantitative estimate of drug-likeness (QED) is 0.724. The van der Waals surface area contributed by atoms with Crippen LogP contribution in [0.25, 0.3) is 5.69 Å². The third kappa shape index (κ3) is 4.16. The number of halogens is 1. The van der Waals surface area contributed by atoms with E-state index in [4.69, 9.17) is 5.73 Å². The molecule has 1 amide bonds. The molecule has 1 aromatic heterocycles. The molecule has 0 aliphatic carbocycles. The molecule has 27 heavy (non-hydrogen) atoms. The molecule has 0 aliphatic rings. The molecule has 0 unspecified atom stereocenters. The number of carbonyl (C=O) groups is 1. The molecular weight excluding hydrogens is 343 g/mol. The van der Waals surface area contributed by atoms with E-state index in [2.05, 4.69) is 10.4 Å². The van der Waals surface area contributed by atoms with E-state index in [1.54, 1.807) is 35.0 Å². The number of nitrogen functional groups attached to an aromatic ring is 1. The molecule has 3 rings (SSSR count). The van der Waals surface area contributed by atoms with Gasteiger partial charge in [-0.05, 0) is 48.9 Å². The minimum Gasteiger partial charge on any atom is -0.384 e. The van der Waals surface area contributed by atoms with Crippen molar-refractivity contribution in [2.45, 2.75) is 26.2 Å². The van der Waals surface area contributed by atoms with Crippen LogP contribution in [-0.2, 0) is 5.41 Å². The molecule has 0 bridgehead atoms. The van der Waals surface area contributed by atoms with Gasteiger partial charge < -0.3 is 11.1 Å². The highest BCUT2D eigenvalue weighted by atomic mass is 19.1. The Morgan fingerprint density at radius 3 is 2.33 bits per heavy atom. The van der Waals surface area contributed by atoms with Gasteiger partial charge in [-0.1, -0.05) is 26.0 Å². The number of benzene rings is 2. The number of nitrogens with one attached hydrogen (secondary N) is 1. The minimum atomic E-state index is -0.315. The highest BCUT2D eigenvalue weighted by Gasteiger charge is 2.21. The molecule has 0 saturated heterocycles. The zero-order valence-corrected chi connectivity index (χ0v) is 15.7. The highest BCUT2D eigenvalue weighted by molar-refractivity contribution is 5.94. The summed E-state index contributed by atoms with van der Waals surface area (Å²) < 4.78 is 14.7. The van der Waals surface area contributed by atoms with Crippen LogP contribution in [0.1, 0.15) is 35.5 Å². The van der Waals surface area contributed by atoms with Crippen LogP contribution in [0.5, 0.6) is 0 Å². The fourth-order valence-electron chi connectivity index (χ4n) is 2.89. The first-order chi connectivity index (χ1) is 12.8. The third-order valence-electron chi connectivity index (χ3n) is 4.55. The number of nitrogens with zero attached hydrogens (tertiary/aromatic N) is 2. The number of rotatable bonds is 5. The van der Waals surface area contributed by atoms with Gasteiger partial charge in [0.05, 0.1) is 11.4 Å². The molecule has 2 aromatic carbocycles. The largest absolute Gasteiger partial charge is 0.384 e. The molecule has 1 heterocycles. The van der Waals surface area contributed by atoms with Gasteiger partial charge in [0.1, 0.15) is 11.6 Å². The average molecular weight is 366 g/mol. The van der Waals surface area contributed by atoms with Crippen molar-refractivity contribution in [3.8, 4) is 5.69 Å². The SMILES string of the molecule is Cc1cc(N)n(-c2ccc(C(=O)NCC(C)(C)c3ccc(F)cc3)cc2)n1. The Labute approximate surface area is 158 Å². The van der Waals surface area contributed by atoms with E-state index in [0.717, 1.165) is 16.9 Å². The first kappa shape index (κ1) is 18.6. The number of carbonyl (C=O) groups excluding carboxylic acids is 1. The summed E-state index contributed by atoms with van der Waals surface area (Å²) in [6.07, 6.45) is 0. The summed E-state index contributed by atoms with van der Waals surface area (Å²) in [7, 11) is 0. The fraction of sp³-hybridized carbons (Fsp3) is 0.238. The standard InChI is InChI=1S/C21H23FN4O/c1-14-12-19(23)26(25-14)18-10-4-15(5-11-18)20(27)24-13-21(2,3)16-6-8-17(22)9-7-16/h4-12H,13,23H2,1-3H3,(H,24,27). The smallest absolute Gasteiger partial charge is 0.251 e. The van der Waals surface area contributed by atoms with Crippen LogP contribution in [0, 0.1) is 12.7 Å². The lowest BCUT2D eigenvalue weighted by Gasteiger charge is -2.25. The zero-order chi connectivity index (χ0) is 19.6. The lowest BCUT2D eigenvalue weighted by atomic mass is 9.84. The second-order valence-electron chi connectivity index (χ2n) is 7.24. The van der Waals surface area contributed by atoms with Crippen molar-refractivity contribution in [1.29, 1.82) is 0 Å². The van der Waals surface area contributed by atoms with Crippen LogP contribution in [0.4, 0.5) is 10.2 Å². The van der Waals surface area contributed by atoms with Gasteiger partial charge in [-0.2, -0.15) is 5.10 Å². The summed E-state index contributed by atoms with van der Waals surface area (Å²) in [4.78, 5) is 12.5. The van der Waals surface area contributed by atoms with Crippen molar-refractivity contribution in [3.05, 3.63) is 77.2 Å². The van der Waals surface area contributed by atoms with Crippen molar-refractivity contribution in [1.82, 2.24) is 15.1 Å². The van der Waals surface area contributed by atoms with E-state index < -0.39 is 0 Å². The summed E-state index contributed by atoms with van der Waals surface area (Å²) in [5.41, 5.74) is 8.75. The molecule has 0 aliphatic heterocycles. The fourth-order valence-corrected chi connectivity index (χ4v) is 2.89. The topological polar surface area (TPSA) is 72.9 Å². The summed E-state index contributed by atoms with van der Waals surface area (Å²) in [6, 6.07) is 15.2. The Kier molecular flexibility index (Phi) is 4.99. The number of hydrogen-bond donors (Lipinski definition) is 2. The van der Waals surface area contributed by atoms with Crippen molar-refractivity contribution in [2.24, 2.45) is 0 Å². The summed E-state index contributed by atoms with van der Waals surface area (Å²) >= 11 is 0. The van der Waals surface area contributed by atoms with Crippen LogP contribution >= 0.6 is 0 Å². The van der Waals surface area contributed by atoms with Crippen LogP contribution in [-0.4, -0.2) is 22.2 Å². The van der Waals surface area contributed by atoms with E-state index in [0.29, 0.717) is 17.9 Å². The van der Waals surface area contributed by atoms with Crippen LogP contribution in [0.15, 0.2) is 54.6 Å². The summed E-state index contributed by atoms with van der Waals surface area (Å²) in [5, 5.41) is 7.28. The number of nitrogens with two attached hydrogens (primary N) is 1. The van der Waals surface area contributed by atoms with Gasteiger partial charge in [-0.25, -0.2) is 9.07 Å². The zero-order valence-electron chi connectivity index (χ0n) is 15.7. The Bertz CT molecular complexity index is 943. The van der Waals surface area contributed by atoms with Gasteiger partial charge in [-0.3, -0.25) is 4.79 Å². The molecule has 0 fully saturated rings. The van der Waals surface area contributed by atoms with E-state index in [1.165, 1.54) is 12.1 Å². The molecule has 0 radical (unpaired) electrons. The van der Waals surface area contributed by atoms with Gasteiger partial charge in [-0.15, -0.1) is 0 Å². The molecule has 3 N–H and O–H groups in total. The Morgan fingerprint density at radius 1 is 1.15 bits per heavy atom. The van der Waals surface area contributed by atoms with Gasteiger partial charge in [0, 0.05) is 23.6 Å². The number of amides is 1. The number of anilines is 1. The van der Waals surface area contributed by atoms with Gasteiger partial charge in [0.2, 0.25) is 0 Å². The third-order valence-corrected chi connectivity index (χ3v) is 4.55. The normalized spacial score (nSPS) is 11.4. The second kappa shape index (κ2) is 7.23. The molecule has 0 spiro atoms. The average Bonchev–Trinajstić information content (AvgIpc) is 2.98.